The van der Waals surface area contributed by atoms with Gasteiger partial charge in [0.25, 0.3) is 5.91 Å². The maximum atomic E-state index is 12.0. The van der Waals surface area contributed by atoms with E-state index in [4.69, 9.17) is 14.7 Å². The number of hydrogen-bond donors (Lipinski definition) is 2. The van der Waals surface area contributed by atoms with Crippen molar-refractivity contribution in [1.82, 2.24) is 5.43 Å². The Morgan fingerprint density at radius 1 is 1.32 bits per heavy atom. The normalized spacial score (nSPS) is 11.6. The Balaban J connectivity index is 1.93. The fourth-order valence-electron chi connectivity index (χ4n) is 1.93. The lowest BCUT2D eigenvalue weighted by Crippen LogP contribution is -2.33. The minimum atomic E-state index is -0.788. The van der Waals surface area contributed by atoms with E-state index in [2.05, 4.69) is 10.5 Å². The van der Waals surface area contributed by atoms with Crippen molar-refractivity contribution in [3.63, 3.8) is 0 Å². The molecule has 0 saturated heterocycles. The van der Waals surface area contributed by atoms with Crippen LogP contribution in [0.15, 0.2) is 47.6 Å². The van der Waals surface area contributed by atoms with Gasteiger partial charge in [0, 0.05) is 5.56 Å². The highest BCUT2D eigenvalue weighted by Crippen LogP contribution is 2.27. The maximum Gasteiger partial charge on any atom is 0.280 e. The fourth-order valence-corrected chi connectivity index (χ4v) is 1.93. The summed E-state index contributed by atoms with van der Waals surface area (Å²) in [7, 11) is 1.44. The molecule has 2 N–H and O–H groups in total. The van der Waals surface area contributed by atoms with Crippen molar-refractivity contribution < 1.29 is 19.4 Å². The predicted molar refractivity (Wildman–Crippen MR) is 91.6 cm³/mol. The van der Waals surface area contributed by atoms with Crippen LogP contribution < -0.4 is 14.9 Å². The Morgan fingerprint density at radius 2 is 2.04 bits per heavy atom. The maximum absolute atomic E-state index is 12.0. The zero-order chi connectivity index (χ0) is 18.2. The van der Waals surface area contributed by atoms with Crippen molar-refractivity contribution in [2.45, 2.75) is 13.0 Å². The molecule has 0 aliphatic carbocycles. The zero-order valence-corrected chi connectivity index (χ0v) is 13.8. The molecule has 0 fully saturated rings. The number of carbonyl (C=O) groups excluding carboxylic acids is 1. The van der Waals surface area contributed by atoms with E-state index in [1.54, 1.807) is 49.4 Å². The topological polar surface area (TPSA) is 104 Å². The van der Waals surface area contributed by atoms with Gasteiger partial charge in [0.2, 0.25) is 0 Å². The van der Waals surface area contributed by atoms with Crippen LogP contribution in [-0.4, -0.2) is 30.4 Å². The van der Waals surface area contributed by atoms with Gasteiger partial charge in [-0.2, -0.15) is 10.4 Å². The molecule has 128 valence electrons. The summed E-state index contributed by atoms with van der Waals surface area (Å²) in [6, 6.07) is 13.4. The molecule has 7 nitrogen and oxygen atoms in total. The number of hydrogen-bond acceptors (Lipinski definition) is 6. The molecule has 2 rings (SSSR count). The monoisotopic (exact) mass is 339 g/mol. The van der Waals surface area contributed by atoms with Gasteiger partial charge in [-0.05, 0) is 43.3 Å². The molecule has 0 aliphatic rings. The number of aromatic hydroxyl groups is 1. The van der Waals surface area contributed by atoms with Gasteiger partial charge in [-0.3, -0.25) is 4.79 Å². The van der Waals surface area contributed by atoms with Crippen LogP contribution in [0.3, 0.4) is 0 Å². The third-order valence-corrected chi connectivity index (χ3v) is 3.29. The van der Waals surface area contributed by atoms with E-state index in [1.807, 2.05) is 6.07 Å². The molecule has 0 aliphatic heterocycles. The van der Waals surface area contributed by atoms with Gasteiger partial charge in [0.1, 0.15) is 5.75 Å². The number of nitriles is 1. The highest BCUT2D eigenvalue weighted by atomic mass is 16.5. The summed E-state index contributed by atoms with van der Waals surface area (Å²) in [5, 5.41) is 22.5. The predicted octanol–water partition coefficient (Wildman–Crippen LogP) is 2.19. The van der Waals surface area contributed by atoms with E-state index in [1.165, 1.54) is 13.3 Å². The van der Waals surface area contributed by atoms with E-state index >= 15 is 0 Å². The minimum absolute atomic E-state index is 0.0649. The smallest absolute Gasteiger partial charge is 0.280 e. The summed E-state index contributed by atoms with van der Waals surface area (Å²) < 4.78 is 10.5. The lowest BCUT2D eigenvalue weighted by molar-refractivity contribution is -0.127. The summed E-state index contributed by atoms with van der Waals surface area (Å²) in [5.41, 5.74) is 3.25. The van der Waals surface area contributed by atoms with Crippen molar-refractivity contribution in [2.24, 2.45) is 5.10 Å². The van der Waals surface area contributed by atoms with Crippen molar-refractivity contribution in [1.29, 1.82) is 5.26 Å². The van der Waals surface area contributed by atoms with E-state index in [0.29, 0.717) is 22.6 Å². The quantitative estimate of drug-likeness (QED) is 0.620. The Hall–Kier alpha value is -3.53. The van der Waals surface area contributed by atoms with Crippen LogP contribution in [0.2, 0.25) is 0 Å². The fraction of sp³-hybridized carbons (Fsp3) is 0.167. The summed E-state index contributed by atoms with van der Waals surface area (Å²) in [6.07, 6.45) is 0.522. The summed E-state index contributed by atoms with van der Waals surface area (Å²) >= 11 is 0. The molecule has 1 atom stereocenters. The van der Waals surface area contributed by atoms with Crippen LogP contribution in [0.5, 0.6) is 17.2 Å². The highest BCUT2D eigenvalue weighted by Gasteiger charge is 2.14. The third kappa shape index (κ3) is 4.72. The first-order valence-electron chi connectivity index (χ1n) is 7.41. The molecular formula is C18H17N3O4. The SMILES string of the molecule is COc1cccc(/C=N/NC(=O)C(C)Oc2ccc(C#N)cc2)c1O. The molecule has 1 amide bonds. The first kappa shape index (κ1) is 17.8. The Labute approximate surface area is 145 Å². The number of methoxy groups -OCH3 is 1. The van der Waals surface area contributed by atoms with Gasteiger partial charge < -0.3 is 14.6 Å². The van der Waals surface area contributed by atoms with Crippen molar-refractivity contribution in [3.8, 4) is 23.3 Å². The average Bonchev–Trinajstić information content (AvgIpc) is 2.63. The number of ether oxygens (including phenoxy) is 2. The number of rotatable bonds is 6. The van der Waals surface area contributed by atoms with Crippen LogP contribution in [0, 0.1) is 11.3 Å². The molecule has 0 saturated carbocycles. The van der Waals surface area contributed by atoms with Crippen LogP contribution >= 0.6 is 0 Å². The molecule has 0 bridgehead atoms. The molecule has 2 aromatic carbocycles. The number of benzene rings is 2. The minimum Gasteiger partial charge on any atom is -0.504 e. The molecule has 0 heterocycles. The first-order chi connectivity index (χ1) is 12.0. The number of carbonyl (C=O) groups is 1. The lowest BCUT2D eigenvalue weighted by atomic mass is 10.2. The van der Waals surface area contributed by atoms with Gasteiger partial charge in [0.05, 0.1) is 25.0 Å². The van der Waals surface area contributed by atoms with Crippen molar-refractivity contribution >= 4 is 12.1 Å². The van der Waals surface area contributed by atoms with E-state index in [9.17, 15) is 9.90 Å². The molecule has 7 heteroatoms. The highest BCUT2D eigenvalue weighted by molar-refractivity contribution is 5.87. The number of para-hydroxylation sites is 1. The summed E-state index contributed by atoms with van der Waals surface area (Å²) in [6.45, 7) is 1.58. The molecule has 0 spiro atoms. The molecule has 25 heavy (non-hydrogen) atoms. The second-order valence-electron chi connectivity index (χ2n) is 5.03. The van der Waals surface area contributed by atoms with Crippen molar-refractivity contribution in [3.05, 3.63) is 53.6 Å². The van der Waals surface area contributed by atoms with Crippen LogP contribution in [0.4, 0.5) is 0 Å². The summed E-state index contributed by atoms with van der Waals surface area (Å²) in [4.78, 5) is 12.0. The van der Waals surface area contributed by atoms with E-state index in [-0.39, 0.29) is 5.75 Å². The van der Waals surface area contributed by atoms with Gasteiger partial charge >= 0.3 is 0 Å². The molecule has 0 radical (unpaired) electrons. The van der Waals surface area contributed by atoms with Crippen molar-refractivity contribution in [2.75, 3.05) is 7.11 Å². The number of amides is 1. The van der Waals surface area contributed by atoms with Crippen LogP contribution in [0.25, 0.3) is 0 Å². The van der Waals surface area contributed by atoms with Crippen LogP contribution in [0.1, 0.15) is 18.1 Å². The Kier molecular flexibility index (Phi) is 5.96. The van der Waals surface area contributed by atoms with Gasteiger partial charge in [-0.15, -0.1) is 0 Å². The second kappa shape index (κ2) is 8.36. The molecular weight excluding hydrogens is 322 g/mol. The molecule has 1 unspecified atom stereocenters. The number of nitrogens with zero attached hydrogens (tertiary/aromatic N) is 2. The lowest BCUT2D eigenvalue weighted by Gasteiger charge is -2.12. The Bertz CT molecular complexity index is 810. The first-order valence-corrected chi connectivity index (χ1v) is 7.41. The van der Waals surface area contributed by atoms with E-state index in [0.717, 1.165) is 0 Å². The van der Waals surface area contributed by atoms with Gasteiger partial charge in [0.15, 0.2) is 17.6 Å². The van der Waals surface area contributed by atoms with Gasteiger partial charge in [-0.1, -0.05) is 6.07 Å². The largest absolute Gasteiger partial charge is 0.504 e. The number of hydrazone groups is 1. The van der Waals surface area contributed by atoms with E-state index < -0.39 is 12.0 Å². The zero-order valence-electron chi connectivity index (χ0n) is 13.8. The molecule has 0 aromatic heterocycles. The molecule has 2 aromatic rings. The summed E-state index contributed by atoms with van der Waals surface area (Å²) in [5.74, 6) is 0.261. The average molecular weight is 339 g/mol. The standard InChI is InChI=1S/C18H17N3O4/c1-12(25-15-8-6-13(10-19)7-9-15)18(23)21-20-11-14-4-3-5-16(24-2)17(14)22/h3-9,11-12,22H,1-2H3,(H,21,23)/b20-11+. The van der Waals surface area contributed by atoms with Crippen LogP contribution in [-0.2, 0) is 4.79 Å². The second-order valence-corrected chi connectivity index (χ2v) is 5.03. The number of nitrogens with one attached hydrogen (secondary N) is 1. The number of phenolic OH excluding ortho intramolecular Hbond substituents is 1. The number of phenols is 1. The van der Waals surface area contributed by atoms with Gasteiger partial charge in [-0.25, -0.2) is 5.43 Å². The Morgan fingerprint density at radius 3 is 2.68 bits per heavy atom. The third-order valence-electron chi connectivity index (χ3n) is 3.29.